The lowest BCUT2D eigenvalue weighted by Gasteiger charge is -2.08. The van der Waals surface area contributed by atoms with Crippen LogP contribution in [-0.2, 0) is 11.3 Å². The second-order valence-corrected chi connectivity index (χ2v) is 4.95. The van der Waals surface area contributed by atoms with E-state index in [1.54, 1.807) is 19.2 Å². The van der Waals surface area contributed by atoms with Crippen molar-refractivity contribution in [3.63, 3.8) is 0 Å². The second-order valence-electron chi connectivity index (χ2n) is 4.95. The number of carbonyl (C=O) groups excluding carboxylic acids is 1. The van der Waals surface area contributed by atoms with E-state index < -0.39 is 0 Å². The summed E-state index contributed by atoms with van der Waals surface area (Å²) < 4.78 is 10.3. The average molecular weight is 299 g/mol. The molecule has 0 aliphatic heterocycles. The van der Waals surface area contributed by atoms with Gasteiger partial charge in [0.15, 0.2) is 0 Å². The predicted octanol–water partition coefficient (Wildman–Crippen LogP) is 4.01. The molecule has 0 aliphatic rings. The summed E-state index contributed by atoms with van der Waals surface area (Å²) in [5, 5.41) is 3.32. The topological polar surface area (TPSA) is 47.6 Å². The highest BCUT2D eigenvalue weighted by atomic mass is 16.5. The molecule has 4 heteroatoms. The lowest BCUT2D eigenvalue weighted by Crippen LogP contribution is -2.06. The van der Waals surface area contributed by atoms with Gasteiger partial charge in [-0.15, -0.1) is 0 Å². The zero-order valence-electron chi connectivity index (χ0n) is 13.0. The molecule has 0 aromatic heterocycles. The summed E-state index contributed by atoms with van der Waals surface area (Å²) in [6.07, 6.45) is 1.23. The van der Waals surface area contributed by atoms with Crippen LogP contribution in [-0.4, -0.2) is 13.1 Å². The first-order valence-corrected chi connectivity index (χ1v) is 7.39. The van der Waals surface area contributed by atoms with Crippen molar-refractivity contribution in [2.45, 2.75) is 26.3 Å². The Labute approximate surface area is 131 Å². The first kappa shape index (κ1) is 15.9. The van der Waals surface area contributed by atoms with Gasteiger partial charge in [-0.2, -0.15) is 0 Å². The number of carbonyl (C=O) groups is 1. The van der Waals surface area contributed by atoms with Gasteiger partial charge in [-0.3, -0.25) is 4.79 Å². The third-order valence-corrected chi connectivity index (χ3v) is 3.20. The molecule has 1 N–H and O–H groups in total. The van der Waals surface area contributed by atoms with Crippen LogP contribution in [0.4, 0.5) is 5.69 Å². The summed E-state index contributed by atoms with van der Waals surface area (Å²) in [5.74, 6) is 1.23. The van der Waals surface area contributed by atoms with E-state index >= 15 is 0 Å². The monoisotopic (exact) mass is 299 g/mol. The van der Waals surface area contributed by atoms with Crippen molar-refractivity contribution in [2.75, 3.05) is 12.4 Å². The van der Waals surface area contributed by atoms with Crippen LogP contribution in [0.15, 0.2) is 48.5 Å². The second kappa shape index (κ2) is 8.08. The molecule has 2 rings (SSSR count). The first-order valence-electron chi connectivity index (χ1n) is 7.39. The zero-order valence-corrected chi connectivity index (χ0v) is 13.0. The summed E-state index contributed by atoms with van der Waals surface area (Å²) in [5.41, 5.74) is 2.14. The molecule has 0 fully saturated rings. The Hall–Kier alpha value is -2.49. The standard InChI is InChI=1S/C18H21NO3/c1-3-4-18(20)22-17-11-7-15(8-12-17)19-13-14-5-9-16(21-2)10-6-14/h5-12,19H,3-4,13H2,1-2H3. The molecule has 0 amide bonds. The fourth-order valence-electron chi connectivity index (χ4n) is 1.97. The number of ether oxygens (including phenoxy) is 2. The minimum Gasteiger partial charge on any atom is -0.497 e. The minimum atomic E-state index is -0.193. The molecule has 2 aromatic rings. The maximum absolute atomic E-state index is 11.4. The van der Waals surface area contributed by atoms with Gasteiger partial charge in [0.2, 0.25) is 0 Å². The Morgan fingerprint density at radius 3 is 2.23 bits per heavy atom. The van der Waals surface area contributed by atoms with Crippen molar-refractivity contribution in [1.29, 1.82) is 0 Å². The van der Waals surface area contributed by atoms with Crippen LogP contribution in [0.3, 0.4) is 0 Å². The van der Waals surface area contributed by atoms with Gasteiger partial charge in [-0.1, -0.05) is 19.1 Å². The van der Waals surface area contributed by atoms with Crippen molar-refractivity contribution in [1.82, 2.24) is 0 Å². The number of esters is 1. The van der Waals surface area contributed by atoms with Crippen LogP contribution in [0.2, 0.25) is 0 Å². The van der Waals surface area contributed by atoms with Crippen LogP contribution in [0.25, 0.3) is 0 Å². The Morgan fingerprint density at radius 2 is 1.64 bits per heavy atom. The Morgan fingerprint density at radius 1 is 1.00 bits per heavy atom. The molecule has 0 unspecified atom stereocenters. The van der Waals surface area contributed by atoms with Gasteiger partial charge in [0, 0.05) is 18.7 Å². The van der Waals surface area contributed by atoms with Crippen LogP contribution in [0.1, 0.15) is 25.3 Å². The molecular weight excluding hydrogens is 278 g/mol. The van der Waals surface area contributed by atoms with Gasteiger partial charge >= 0.3 is 5.97 Å². The van der Waals surface area contributed by atoms with E-state index in [1.807, 2.05) is 43.3 Å². The van der Waals surface area contributed by atoms with E-state index in [-0.39, 0.29) is 5.97 Å². The largest absolute Gasteiger partial charge is 0.497 e. The highest BCUT2D eigenvalue weighted by Crippen LogP contribution is 2.18. The van der Waals surface area contributed by atoms with E-state index in [0.29, 0.717) is 12.2 Å². The lowest BCUT2D eigenvalue weighted by atomic mass is 10.2. The van der Waals surface area contributed by atoms with Crippen molar-refractivity contribution < 1.29 is 14.3 Å². The number of hydrogen-bond acceptors (Lipinski definition) is 4. The first-order chi connectivity index (χ1) is 10.7. The van der Waals surface area contributed by atoms with E-state index in [9.17, 15) is 4.79 Å². The summed E-state index contributed by atoms with van der Waals surface area (Å²) in [7, 11) is 1.65. The molecule has 4 nitrogen and oxygen atoms in total. The molecule has 2 aromatic carbocycles. The maximum Gasteiger partial charge on any atom is 0.311 e. The fraction of sp³-hybridized carbons (Fsp3) is 0.278. The lowest BCUT2D eigenvalue weighted by molar-refractivity contribution is -0.134. The SMILES string of the molecule is CCCC(=O)Oc1ccc(NCc2ccc(OC)cc2)cc1. The normalized spacial score (nSPS) is 10.1. The van der Waals surface area contributed by atoms with Crippen LogP contribution in [0.5, 0.6) is 11.5 Å². The number of benzene rings is 2. The van der Waals surface area contributed by atoms with Crippen molar-refractivity contribution in [3.8, 4) is 11.5 Å². The van der Waals surface area contributed by atoms with Gasteiger partial charge < -0.3 is 14.8 Å². The van der Waals surface area contributed by atoms with Gasteiger partial charge in [-0.05, 0) is 48.4 Å². The molecule has 0 atom stereocenters. The van der Waals surface area contributed by atoms with Gasteiger partial charge in [-0.25, -0.2) is 0 Å². The summed E-state index contributed by atoms with van der Waals surface area (Å²) in [6.45, 7) is 2.67. The van der Waals surface area contributed by atoms with Gasteiger partial charge in [0.1, 0.15) is 11.5 Å². The zero-order chi connectivity index (χ0) is 15.8. The highest BCUT2D eigenvalue weighted by molar-refractivity contribution is 5.72. The Bertz CT molecular complexity index is 591. The summed E-state index contributed by atoms with van der Waals surface area (Å²) >= 11 is 0. The van der Waals surface area contributed by atoms with E-state index in [4.69, 9.17) is 9.47 Å². The van der Waals surface area contributed by atoms with Crippen LogP contribution < -0.4 is 14.8 Å². The Kier molecular flexibility index (Phi) is 5.83. The average Bonchev–Trinajstić information content (AvgIpc) is 2.55. The van der Waals surface area contributed by atoms with Crippen molar-refractivity contribution >= 4 is 11.7 Å². The molecule has 0 radical (unpaired) electrons. The molecule has 0 spiro atoms. The summed E-state index contributed by atoms with van der Waals surface area (Å²) in [4.78, 5) is 11.4. The number of anilines is 1. The third kappa shape index (κ3) is 4.81. The van der Waals surface area contributed by atoms with Crippen LogP contribution >= 0.6 is 0 Å². The number of nitrogens with one attached hydrogen (secondary N) is 1. The van der Waals surface area contributed by atoms with E-state index in [2.05, 4.69) is 5.32 Å². The summed E-state index contributed by atoms with van der Waals surface area (Å²) in [6, 6.07) is 15.3. The molecule has 0 heterocycles. The van der Waals surface area contributed by atoms with E-state index in [1.165, 1.54) is 5.56 Å². The highest BCUT2D eigenvalue weighted by Gasteiger charge is 2.03. The predicted molar refractivity (Wildman–Crippen MR) is 87.3 cm³/mol. The maximum atomic E-state index is 11.4. The molecule has 0 aliphatic carbocycles. The smallest absolute Gasteiger partial charge is 0.311 e. The molecule has 0 saturated heterocycles. The number of rotatable bonds is 7. The van der Waals surface area contributed by atoms with Crippen molar-refractivity contribution in [3.05, 3.63) is 54.1 Å². The minimum absolute atomic E-state index is 0.193. The number of hydrogen-bond donors (Lipinski definition) is 1. The van der Waals surface area contributed by atoms with Crippen LogP contribution in [0, 0.1) is 0 Å². The van der Waals surface area contributed by atoms with Gasteiger partial charge in [0.05, 0.1) is 7.11 Å². The number of methoxy groups -OCH3 is 1. The van der Waals surface area contributed by atoms with E-state index in [0.717, 1.165) is 24.4 Å². The van der Waals surface area contributed by atoms with Crippen molar-refractivity contribution in [2.24, 2.45) is 0 Å². The quantitative estimate of drug-likeness (QED) is 0.620. The molecular formula is C18H21NO3. The molecule has 0 saturated carbocycles. The molecule has 0 bridgehead atoms. The molecule has 22 heavy (non-hydrogen) atoms. The van der Waals surface area contributed by atoms with Gasteiger partial charge in [0.25, 0.3) is 0 Å². The third-order valence-electron chi connectivity index (χ3n) is 3.20. The fourth-order valence-corrected chi connectivity index (χ4v) is 1.97. The molecule has 116 valence electrons. The Balaban J connectivity index is 1.86.